The summed E-state index contributed by atoms with van der Waals surface area (Å²) < 4.78 is 8.09. The molecule has 0 bridgehead atoms. The zero-order valence-electron chi connectivity index (χ0n) is 10.5. The molecule has 2 N–H and O–H groups in total. The first kappa shape index (κ1) is 13.4. The van der Waals surface area contributed by atoms with Crippen molar-refractivity contribution in [3.63, 3.8) is 0 Å². The van der Waals surface area contributed by atoms with Gasteiger partial charge >= 0.3 is 5.97 Å². The maximum Gasteiger partial charge on any atom is 0.329 e. The van der Waals surface area contributed by atoms with Crippen molar-refractivity contribution in [2.45, 2.75) is 25.8 Å². The molecular weight excluding hydrogens is 266 g/mol. The van der Waals surface area contributed by atoms with Gasteiger partial charge in [-0.25, -0.2) is 4.79 Å². The first-order valence-corrected chi connectivity index (χ1v) is 6.47. The molecule has 7 heteroatoms. The number of hydrogen-bond acceptors (Lipinski definition) is 4. The van der Waals surface area contributed by atoms with Crippen LogP contribution in [-0.4, -0.2) is 22.5 Å². The van der Waals surface area contributed by atoms with E-state index in [-0.39, 0.29) is 0 Å². The Kier molecular flexibility index (Phi) is 3.48. The number of amides is 1. The monoisotopic (exact) mass is 279 g/mol. The molecule has 2 rings (SSSR count). The largest absolute Gasteiger partial charge is 0.480 e. The second kappa shape index (κ2) is 4.93. The Bertz CT molecular complexity index is 623. The lowest BCUT2D eigenvalue weighted by molar-refractivity contribution is -0.143. The van der Waals surface area contributed by atoms with Crippen LogP contribution in [0.3, 0.4) is 0 Å². The number of nitrogens with zero attached hydrogens (tertiary/aromatic N) is 2. The van der Waals surface area contributed by atoms with Gasteiger partial charge in [-0.3, -0.25) is 4.79 Å². The van der Waals surface area contributed by atoms with Crippen LogP contribution in [0.4, 0.5) is 11.4 Å². The van der Waals surface area contributed by atoms with E-state index in [1.165, 1.54) is 6.92 Å². The van der Waals surface area contributed by atoms with Crippen LogP contribution >= 0.6 is 0 Å². The zero-order chi connectivity index (χ0) is 14.0. The van der Waals surface area contributed by atoms with Crippen LogP contribution in [0.2, 0.25) is 0 Å². The molecule has 19 heavy (non-hydrogen) atoms. The fourth-order valence-corrected chi connectivity index (χ4v) is 2.06. The highest BCUT2D eigenvalue weighted by atomic mass is 32.1. The lowest BCUT2D eigenvalue weighted by Crippen LogP contribution is -2.51. The highest BCUT2D eigenvalue weighted by molar-refractivity contribution is 7.58. The molecule has 0 radical (unpaired) electrons. The average Bonchev–Trinajstić information content (AvgIpc) is 2.85. The first-order valence-electron chi connectivity index (χ1n) is 5.74. The van der Waals surface area contributed by atoms with Crippen LogP contribution < -0.4 is 5.32 Å². The van der Waals surface area contributed by atoms with Crippen LogP contribution in [-0.2, 0) is 16.1 Å². The van der Waals surface area contributed by atoms with Crippen molar-refractivity contribution >= 4 is 34.6 Å². The van der Waals surface area contributed by atoms with Crippen molar-refractivity contribution in [2.75, 3.05) is 0 Å². The van der Waals surface area contributed by atoms with Gasteiger partial charge in [0.25, 0.3) is 5.91 Å². The molecule has 1 aromatic rings. The van der Waals surface area contributed by atoms with Gasteiger partial charge in [-0.15, -0.1) is 0 Å². The number of carboxylic acids is 1. The van der Waals surface area contributed by atoms with Gasteiger partial charge in [-0.1, -0.05) is 6.92 Å². The molecule has 0 spiro atoms. The molecule has 0 aliphatic carbocycles. The first-order chi connectivity index (χ1) is 8.96. The number of rotatable bonds is 4. The van der Waals surface area contributed by atoms with Gasteiger partial charge in [-0.05, 0) is 31.5 Å². The predicted octanol–water partition coefficient (Wildman–Crippen LogP) is 2.40. The Morgan fingerprint density at radius 3 is 2.68 bits per heavy atom. The van der Waals surface area contributed by atoms with Crippen molar-refractivity contribution in [2.24, 2.45) is 8.73 Å². The molecule has 0 fully saturated rings. The summed E-state index contributed by atoms with van der Waals surface area (Å²) in [6.45, 7) is 3.19. The number of carboxylic acid groups (broad SMARTS) is 1. The summed E-state index contributed by atoms with van der Waals surface area (Å²) in [5.74, 6) is -1.48. The van der Waals surface area contributed by atoms with E-state index in [0.717, 1.165) is 17.0 Å². The Balaban J connectivity index is 2.21. The molecule has 1 aliphatic rings. The summed E-state index contributed by atoms with van der Waals surface area (Å²) in [5.41, 5.74) is 0.456. The summed E-state index contributed by atoms with van der Waals surface area (Å²) >= 11 is 1.07. The van der Waals surface area contributed by atoms with Gasteiger partial charge in [0, 0.05) is 5.56 Å². The molecule has 0 aromatic heterocycles. The fraction of sp³-hybridized carbons (Fsp3) is 0.333. The number of fused-ring (bicyclic) bond motifs is 1. The Morgan fingerprint density at radius 1 is 1.37 bits per heavy atom. The molecule has 1 amide bonds. The molecule has 1 heterocycles. The molecule has 1 aromatic carbocycles. The van der Waals surface area contributed by atoms with Crippen molar-refractivity contribution < 1.29 is 14.7 Å². The lowest BCUT2D eigenvalue weighted by Gasteiger charge is -2.24. The summed E-state index contributed by atoms with van der Waals surface area (Å²) in [4.78, 5) is 23.2. The number of carbonyl (C=O) groups is 2. The van der Waals surface area contributed by atoms with E-state index < -0.39 is 17.4 Å². The van der Waals surface area contributed by atoms with Gasteiger partial charge in [0.05, 0.1) is 11.4 Å². The fourth-order valence-electron chi connectivity index (χ4n) is 1.54. The molecule has 1 aliphatic heterocycles. The molecule has 6 nitrogen and oxygen atoms in total. The third kappa shape index (κ3) is 2.55. The minimum absolute atomic E-state index is 0.300. The van der Waals surface area contributed by atoms with Crippen molar-refractivity contribution in [3.8, 4) is 0 Å². The molecule has 1 atom stereocenters. The molecule has 100 valence electrons. The summed E-state index contributed by atoms with van der Waals surface area (Å²) in [5, 5.41) is 11.7. The van der Waals surface area contributed by atoms with Crippen LogP contribution in [0, 0.1) is 0 Å². The van der Waals surface area contributed by atoms with E-state index in [1.807, 2.05) is 0 Å². The van der Waals surface area contributed by atoms with Crippen molar-refractivity contribution in [3.05, 3.63) is 23.8 Å². The predicted molar refractivity (Wildman–Crippen MR) is 71.8 cm³/mol. The third-order valence-corrected chi connectivity index (χ3v) is 3.64. The Hall–Kier alpha value is -2.02. The molecule has 0 saturated carbocycles. The summed E-state index contributed by atoms with van der Waals surface area (Å²) in [6, 6.07) is 4.90. The van der Waals surface area contributed by atoms with Crippen LogP contribution in [0.1, 0.15) is 30.6 Å². The number of carbonyl (C=O) groups excluding carboxylic acids is 1. The minimum Gasteiger partial charge on any atom is -0.480 e. The highest BCUT2D eigenvalue weighted by Crippen LogP contribution is 2.32. The molecular formula is C12H13N3O3S. The maximum atomic E-state index is 12.1. The summed E-state index contributed by atoms with van der Waals surface area (Å²) in [6.07, 6.45) is 0.300. The zero-order valence-corrected chi connectivity index (χ0v) is 11.3. The Labute approximate surface area is 113 Å². The minimum atomic E-state index is -1.27. The normalized spacial score (nSPS) is 15.3. The topological polar surface area (TPSA) is 91.1 Å². The van der Waals surface area contributed by atoms with Gasteiger partial charge in [-0.2, -0.15) is 8.73 Å². The van der Waals surface area contributed by atoms with E-state index >= 15 is 0 Å². The van der Waals surface area contributed by atoms with Crippen LogP contribution in [0.25, 0.3) is 0 Å². The van der Waals surface area contributed by atoms with Gasteiger partial charge in [0.1, 0.15) is 16.9 Å². The van der Waals surface area contributed by atoms with Crippen LogP contribution in [0.5, 0.6) is 0 Å². The smallest absolute Gasteiger partial charge is 0.329 e. The van der Waals surface area contributed by atoms with E-state index in [4.69, 9.17) is 5.11 Å². The number of benzene rings is 1. The summed E-state index contributed by atoms with van der Waals surface area (Å²) in [7, 11) is 0. The van der Waals surface area contributed by atoms with Gasteiger partial charge in [0.2, 0.25) is 0 Å². The standard InChI is InChI=1S/C12H13N3O3S/c1-3-12(2,11(17)18)13-10(16)7-4-5-8-9(6-7)15-19-14-8/h4-6H,3H2,1-2H3,(H,13,16)(H,17,18). The third-order valence-electron chi connectivity index (χ3n) is 3.08. The SMILES string of the molecule is CCC(C)(NC(=O)c1ccc2c(c1)N=S=N2)C(=O)O. The molecule has 1 unspecified atom stereocenters. The maximum absolute atomic E-state index is 12.1. The van der Waals surface area contributed by atoms with E-state index in [1.54, 1.807) is 25.1 Å². The van der Waals surface area contributed by atoms with E-state index in [0.29, 0.717) is 17.7 Å². The second-order valence-corrected chi connectivity index (χ2v) is 4.94. The number of hydrogen-bond donors (Lipinski definition) is 2. The molecule has 0 saturated heterocycles. The van der Waals surface area contributed by atoms with Crippen molar-refractivity contribution in [1.29, 1.82) is 0 Å². The highest BCUT2D eigenvalue weighted by Gasteiger charge is 2.33. The van der Waals surface area contributed by atoms with Gasteiger partial charge < -0.3 is 10.4 Å². The average molecular weight is 279 g/mol. The quantitative estimate of drug-likeness (QED) is 0.900. The number of aliphatic carboxylic acids is 1. The number of nitrogens with one attached hydrogen (secondary N) is 1. The van der Waals surface area contributed by atoms with E-state index in [9.17, 15) is 9.59 Å². The van der Waals surface area contributed by atoms with Crippen LogP contribution in [0.15, 0.2) is 26.9 Å². The van der Waals surface area contributed by atoms with E-state index in [2.05, 4.69) is 14.0 Å². The van der Waals surface area contributed by atoms with Gasteiger partial charge in [0.15, 0.2) is 0 Å². The Morgan fingerprint density at radius 2 is 2.05 bits per heavy atom. The lowest BCUT2D eigenvalue weighted by atomic mass is 9.98. The van der Waals surface area contributed by atoms with Crippen molar-refractivity contribution in [1.82, 2.24) is 5.32 Å². The second-order valence-electron chi connectivity index (χ2n) is 4.41.